The first-order valence-corrected chi connectivity index (χ1v) is 8.53. The molecule has 2 N–H and O–H groups in total. The SMILES string of the molecule is CCC1CCNC(C(=O)NCCCN2CCCCC2)C1. The van der Waals surface area contributed by atoms with E-state index in [0.717, 1.165) is 38.4 Å². The lowest BCUT2D eigenvalue weighted by Crippen LogP contribution is -2.49. The molecule has 0 radical (unpaired) electrons. The van der Waals surface area contributed by atoms with Crippen molar-refractivity contribution in [3.63, 3.8) is 0 Å². The molecule has 2 atom stereocenters. The van der Waals surface area contributed by atoms with Gasteiger partial charge in [-0.1, -0.05) is 19.8 Å². The first kappa shape index (κ1) is 15.8. The number of hydrogen-bond acceptors (Lipinski definition) is 3. The fourth-order valence-corrected chi connectivity index (χ4v) is 3.39. The van der Waals surface area contributed by atoms with Crippen LogP contribution in [0.25, 0.3) is 0 Å². The van der Waals surface area contributed by atoms with Crippen LogP contribution in [0.2, 0.25) is 0 Å². The second-order valence-electron chi connectivity index (χ2n) is 6.35. The number of rotatable bonds is 6. The van der Waals surface area contributed by atoms with E-state index in [1.54, 1.807) is 0 Å². The van der Waals surface area contributed by atoms with E-state index in [1.807, 2.05) is 0 Å². The largest absolute Gasteiger partial charge is 0.355 e. The number of nitrogens with zero attached hydrogens (tertiary/aromatic N) is 1. The average Bonchev–Trinajstić information content (AvgIpc) is 2.52. The number of hydrogen-bond donors (Lipinski definition) is 2. The molecule has 0 aromatic heterocycles. The molecule has 4 nitrogen and oxygen atoms in total. The Morgan fingerprint density at radius 2 is 2.10 bits per heavy atom. The Balaban J connectivity index is 1.57. The van der Waals surface area contributed by atoms with E-state index in [9.17, 15) is 4.79 Å². The van der Waals surface area contributed by atoms with Crippen molar-refractivity contribution in [1.29, 1.82) is 0 Å². The summed E-state index contributed by atoms with van der Waals surface area (Å²) in [5.41, 5.74) is 0. The molecule has 2 aliphatic heterocycles. The highest BCUT2D eigenvalue weighted by atomic mass is 16.2. The zero-order valence-electron chi connectivity index (χ0n) is 13.0. The third-order valence-electron chi connectivity index (χ3n) is 4.81. The van der Waals surface area contributed by atoms with E-state index in [2.05, 4.69) is 22.5 Å². The number of likely N-dealkylation sites (tertiary alicyclic amines) is 1. The zero-order valence-corrected chi connectivity index (χ0v) is 13.0. The summed E-state index contributed by atoms with van der Waals surface area (Å²) in [5.74, 6) is 0.933. The molecule has 2 saturated heterocycles. The van der Waals surface area contributed by atoms with Gasteiger partial charge >= 0.3 is 0 Å². The second-order valence-corrected chi connectivity index (χ2v) is 6.35. The third-order valence-corrected chi connectivity index (χ3v) is 4.81. The highest BCUT2D eigenvalue weighted by Gasteiger charge is 2.25. The van der Waals surface area contributed by atoms with E-state index in [-0.39, 0.29) is 11.9 Å². The fraction of sp³-hybridized carbons (Fsp3) is 0.938. The molecule has 2 aliphatic rings. The zero-order chi connectivity index (χ0) is 14.2. The molecule has 0 bridgehead atoms. The van der Waals surface area contributed by atoms with Crippen LogP contribution in [-0.4, -0.2) is 49.6 Å². The van der Waals surface area contributed by atoms with Crippen LogP contribution < -0.4 is 10.6 Å². The maximum atomic E-state index is 12.1. The Hall–Kier alpha value is -0.610. The van der Waals surface area contributed by atoms with Crippen molar-refractivity contribution in [2.45, 2.75) is 57.9 Å². The number of carbonyl (C=O) groups excluding carboxylic acids is 1. The second kappa shape index (κ2) is 8.63. The van der Waals surface area contributed by atoms with Gasteiger partial charge in [0.05, 0.1) is 6.04 Å². The van der Waals surface area contributed by atoms with Gasteiger partial charge in [-0.25, -0.2) is 0 Å². The van der Waals surface area contributed by atoms with Crippen molar-refractivity contribution in [2.75, 3.05) is 32.7 Å². The summed E-state index contributed by atoms with van der Waals surface area (Å²) in [6.07, 6.45) is 8.58. The number of nitrogens with one attached hydrogen (secondary N) is 2. The molecule has 4 heteroatoms. The van der Waals surface area contributed by atoms with Crippen molar-refractivity contribution in [1.82, 2.24) is 15.5 Å². The van der Waals surface area contributed by atoms with E-state index >= 15 is 0 Å². The fourth-order valence-electron chi connectivity index (χ4n) is 3.39. The van der Waals surface area contributed by atoms with Crippen LogP contribution in [0.3, 0.4) is 0 Å². The van der Waals surface area contributed by atoms with Crippen molar-refractivity contribution < 1.29 is 4.79 Å². The number of piperidine rings is 2. The summed E-state index contributed by atoms with van der Waals surface area (Å²) >= 11 is 0. The van der Waals surface area contributed by atoms with Gasteiger partial charge < -0.3 is 15.5 Å². The van der Waals surface area contributed by atoms with E-state index in [0.29, 0.717) is 0 Å². The molecule has 20 heavy (non-hydrogen) atoms. The molecular formula is C16H31N3O. The van der Waals surface area contributed by atoms with Crippen molar-refractivity contribution in [2.24, 2.45) is 5.92 Å². The Morgan fingerprint density at radius 3 is 2.85 bits per heavy atom. The van der Waals surface area contributed by atoms with Gasteiger partial charge in [-0.15, -0.1) is 0 Å². The van der Waals surface area contributed by atoms with Gasteiger partial charge in [0.2, 0.25) is 5.91 Å². The summed E-state index contributed by atoms with van der Waals surface area (Å²) in [6.45, 7) is 7.67. The minimum Gasteiger partial charge on any atom is -0.355 e. The van der Waals surface area contributed by atoms with Crippen molar-refractivity contribution in [3.05, 3.63) is 0 Å². The monoisotopic (exact) mass is 281 g/mol. The standard InChI is InChI=1S/C16H31N3O/c1-2-14-7-9-17-15(13-14)16(20)18-8-6-12-19-10-4-3-5-11-19/h14-15,17H,2-13H2,1H3,(H,18,20). The van der Waals surface area contributed by atoms with Gasteiger partial charge in [0.25, 0.3) is 0 Å². The molecule has 2 unspecified atom stereocenters. The van der Waals surface area contributed by atoms with Gasteiger partial charge in [-0.2, -0.15) is 0 Å². The lowest BCUT2D eigenvalue weighted by molar-refractivity contribution is -0.124. The van der Waals surface area contributed by atoms with Gasteiger partial charge in [-0.05, 0) is 64.2 Å². The number of amides is 1. The maximum absolute atomic E-state index is 12.1. The predicted octanol–water partition coefficient (Wildman–Crippen LogP) is 1.76. The summed E-state index contributed by atoms with van der Waals surface area (Å²) in [7, 11) is 0. The normalized spacial score (nSPS) is 28.2. The number of carbonyl (C=O) groups is 1. The first-order chi connectivity index (χ1) is 9.79. The Kier molecular flexibility index (Phi) is 6.80. The summed E-state index contributed by atoms with van der Waals surface area (Å²) in [5, 5.41) is 6.46. The van der Waals surface area contributed by atoms with Crippen LogP contribution >= 0.6 is 0 Å². The highest BCUT2D eigenvalue weighted by molar-refractivity contribution is 5.81. The van der Waals surface area contributed by atoms with Crippen LogP contribution in [0.4, 0.5) is 0 Å². The summed E-state index contributed by atoms with van der Waals surface area (Å²) in [4.78, 5) is 14.7. The van der Waals surface area contributed by atoms with E-state index in [1.165, 1.54) is 45.2 Å². The molecular weight excluding hydrogens is 250 g/mol. The average molecular weight is 281 g/mol. The molecule has 2 fully saturated rings. The van der Waals surface area contributed by atoms with Crippen LogP contribution in [0.5, 0.6) is 0 Å². The van der Waals surface area contributed by atoms with Crippen LogP contribution in [0.15, 0.2) is 0 Å². The predicted molar refractivity (Wildman–Crippen MR) is 82.7 cm³/mol. The summed E-state index contributed by atoms with van der Waals surface area (Å²) in [6, 6.07) is 0.0451. The van der Waals surface area contributed by atoms with Crippen LogP contribution in [-0.2, 0) is 4.79 Å². The van der Waals surface area contributed by atoms with Gasteiger partial charge in [0.15, 0.2) is 0 Å². The molecule has 2 heterocycles. The molecule has 0 aliphatic carbocycles. The molecule has 0 aromatic carbocycles. The molecule has 116 valence electrons. The van der Waals surface area contributed by atoms with Crippen LogP contribution in [0.1, 0.15) is 51.9 Å². The Labute approximate surface area is 123 Å². The maximum Gasteiger partial charge on any atom is 0.237 e. The minimum atomic E-state index is 0.0451. The molecule has 0 saturated carbocycles. The smallest absolute Gasteiger partial charge is 0.237 e. The third kappa shape index (κ3) is 5.06. The van der Waals surface area contributed by atoms with Gasteiger partial charge in [0.1, 0.15) is 0 Å². The van der Waals surface area contributed by atoms with Gasteiger partial charge in [0, 0.05) is 6.54 Å². The van der Waals surface area contributed by atoms with E-state index < -0.39 is 0 Å². The molecule has 0 spiro atoms. The topological polar surface area (TPSA) is 44.4 Å². The minimum absolute atomic E-state index is 0.0451. The quantitative estimate of drug-likeness (QED) is 0.729. The van der Waals surface area contributed by atoms with E-state index in [4.69, 9.17) is 0 Å². The first-order valence-electron chi connectivity index (χ1n) is 8.53. The van der Waals surface area contributed by atoms with Crippen molar-refractivity contribution in [3.8, 4) is 0 Å². The molecule has 0 aromatic rings. The molecule has 2 rings (SSSR count). The molecule has 1 amide bonds. The lowest BCUT2D eigenvalue weighted by Gasteiger charge is -2.29. The summed E-state index contributed by atoms with van der Waals surface area (Å²) < 4.78 is 0. The Morgan fingerprint density at radius 1 is 1.30 bits per heavy atom. The van der Waals surface area contributed by atoms with Gasteiger partial charge in [-0.3, -0.25) is 4.79 Å². The van der Waals surface area contributed by atoms with Crippen LogP contribution in [0, 0.1) is 5.92 Å². The highest BCUT2D eigenvalue weighted by Crippen LogP contribution is 2.19. The lowest BCUT2D eigenvalue weighted by atomic mass is 9.90. The Bertz CT molecular complexity index is 289. The van der Waals surface area contributed by atoms with Crippen molar-refractivity contribution >= 4 is 5.91 Å².